The van der Waals surface area contributed by atoms with E-state index in [1.54, 1.807) is 18.7 Å². The SMILES string of the molecule is CCC1CC(N(Cc2cc(Cl)cc(C(F)(F)F)c2)c2ncc(C#N)cn2)CC(CC)N1C(=O)OC(C)C. The van der Waals surface area contributed by atoms with E-state index in [1.165, 1.54) is 18.5 Å². The van der Waals surface area contributed by atoms with E-state index < -0.39 is 11.7 Å². The van der Waals surface area contributed by atoms with Gasteiger partial charge in [0, 0.05) is 29.7 Å². The van der Waals surface area contributed by atoms with Crippen LogP contribution in [-0.2, 0) is 17.5 Å². The topological polar surface area (TPSA) is 82.4 Å². The van der Waals surface area contributed by atoms with Crippen molar-refractivity contribution in [2.75, 3.05) is 4.90 Å². The number of carbonyl (C=O) groups excluding carboxylic acids is 1. The molecule has 1 aromatic carbocycles. The number of anilines is 1. The van der Waals surface area contributed by atoms with Gasteiger partial charge in [0.15, 0.2) is 0 Å². The van der Waals surface area contributed by atoms with Gasteiger partial charge in [0.25, 0.3) is 0 Å². The summed E-state index contributed by atoms with van der Waals surface area (Å²) < 4.78 is 45.9. The van der Waals surface area contributed by atoms with Gasteiger partial charge >= 0.3 is 12.3 Å². The van der Waals surface area contributed by atoms with Gasteiger partial charge in [0.05, 0.1) is 29.6 Å². The number of amides is 1. The number of rotatable bonds is 7. The zero-order valence-electron chi connectivity index (χ0n) is 21.3. The fourth-order valence-corrected chi connectivity index (χ4v) is 5.04. The van der Waals surface area contributed by atoms with E-state index in [1.807, 2.05) is 24.8 Å². The minimum Gasteiger partial charge on any atom is -0.447 e. The van der Waals surface area contributed by atoms with Crippen LogP contribution in [0.3, 0.4) is 0 Å². The molecular weight excluding hydrogens is 507 g/mol. The van der Waals surface area contributed by atoms with Crippen molar-refractivity contribution in [3.05, 3.63) is 52.3 Å². The quantitative estimate of drug-likeness (QED) is 0.396. The number of benzene rings is 1. The zero-order valence-corrected chi connectivity index (χ0v) is 22.1. The third kappa shape index (κ3) is 7.04. The Morgan fingerprint density at radius 1 is 1.19 bits per heavy atom. The number of ether oxygens (including phenoxy) is 1. The molecule has 2 atom stereocenters. The van der Waals surface area contributed by atoms with Crippen LogP contribution in [0.15, 0.2) is 30.6 Å². The molecule has 1 aromatic heterocycles. The van der Waals surface area contributed by atoms with Crippen molar-refractivity contribution in [3.8, 4) is 6.07 Å². The summed E-state index contributed by atoms with van der Waals surface area (Å²) in [5.74, 6) is 0.292. The second-order valence-electron chi connectivity index (χ2n) is 9.45. The Hall–Kier alpha value is -3.06. The number of nitriles is 1. The molecule has 3 rings (SSSR count). The molecule has 37 heavy (non-hydrogen) atoms. The standard InChI is InChI=1S/C26H31ClF3N5O2/c1-5-21-10-23(11-22(6-2)35(21)25(36)37-16(3)4)34(24-32-13-18(12-31)14-33-24)15-17-7-19(26(28,29)30)9-20(27)8-17/h7-9,13-14,16,21-23H,5-6,10-11,15H2,1-4H3. The van der Waals surface area contributed by atoms with Crippen LogP contribution < -0.4 is 4.90 Å². The van der Waals surface area contributed by atoms with Crippen molar-refractivity contribution in [2.24, 2.45) is 0 Å². The third-order valence-electron chi connectivity index (χ3n) is 6.47. The summed E-state index contributed by atoms with van der Waals surface area (Å²) in [6.45, 7) is 7.66. The first-order valence-corrected chi connectivity index (χ1v) is 12.7. The molecule has 1 aliphatic heterocycles. The van der Waals surface area contributed by atoms with Crippen LogP contribution in [0, 0.1) is 11.3 Å². The van der Waals surface area contributed by atoms with Gasteiger partial charge in [-0.3, -0.25) is 0 Å². The molecule has 7 nitrogen and oxygen atoms in total. The van der Waals surface area contributed by atoms with Crippen LogP contribution in [0.5, 0.6) is 0 Å². The van der Waals surface area contributed by atoms with Gasteiger partial charge in [-0.25, -0.2) is 14.8 Å². The van der Waals surface area contributed by atoms with Crippen molar-refractivity contribution in [2.45, 2.75) is 90.3 Å². The minimum atomic E-state index is -4.54. The zero-order chi connectivity index (χ0) is 27.3. The average Bonchev–Trinajstić information content (AvgIpc) is 2.85. The number of likely N-dealkylation sites (tertiary alicyclic amines) is 1. The highest BCUT2D eigenvalue weighted by atomic mass is 35.5. The molecule has 1 saturated heterocycles. The van der Waals surface area contributed by atoms with E-state index in [0.29, 0.717) is 37.2 Å². The van der Waals surface area contributed by atoms with Crippen molar-refractivity contribution < 1.29 is 22.7 Å². The van der Waals surface area contributed by atoms with Gasteiger partial charge in [-0.2, -0.15) is 18.4 Å². The van der Waals surface area contributed by atoms with Crippen molar-refractivity contribution in [1.82, 2.24) is 14.9 Å². The van der Waals surface area contributed by atoms with E-state index in [4.69, 9.17) is 21.6 Å². The molecule has 0 saturated carbocycles. The molecule has 0 bridgehead atoms. The molecule has 0 spiro atoms. The molecule has 2 unspecified atom stereocenters. The summed E-state index contributed by atoms with van der Waals surface area (Å²) in [4.78, 5) is 25.3. The summed E-state index contributed by atoms with van der Waals surface area (Å²) in [6, 6.07) is 4.99. The van der Waals surface area contributed by atoms with E-state index in [0.717, 1.165) is 12.1 Å². The Bertz CT molecular complexity index is 1110. The van der Waals surface area contributed by atoms with Crippen LogP contribution >= 0.6 is 11.6 Å². The fourth-order valence-electron chi connectivity index (χ4n) is 4.78. The van der Waals surface area contributed by atoms with Gasteiger partial charge < -0.3 is 14.5 Å². The Balaban J connectivity index is 2.00. The first-order valence-electron chi connectivity index (χ1n) is 12.3. The smallest absolute Gasteiger partial charge is 0.416 e. The Morgan fingerprint density at radius 2 is 1.78 bits per heavy atom. The number of halogens is 4. The summed E-state index contributed by atoms with van der Waals surface area (Å²) in [6.07, 6.45) is 0.0727. The van der Waals surface area contributed by atoms with Gasteiger partial charge in [-0.1, -0.05) is 25.4 Å². The van der Waals surface area contributed by atoms with Gasteiger partial charge in [-0.15, -0.1) is 0 Å². The predicted octanol–water partition coefficient (Wildman–Crippen LogP) is 6.59. The summed E-state index contributed by atoms with van der Waals surface area (Å²) >= 11 is 6.05. The molecule has 11 heteroatoms. The lowest BCUT2D eigenvalue weighted by Gasteiger charge is -2.47. The van der Waals surface area contributed by atoms with E-state index in [2.05, 4.69) is 9.97 Å². The molecular formula is C26H31ClF3N5O2. The summed E-state index contributed by atoms with van der Waals surface area (Å²) in [7, 11) is 0. The van der Waals surface area contributed by atoms with Gasteiger partial charge in [0.2, 0.25) is 5.95 Å². The second kappa shape index (κ2) is 12.0. The maximum Gasteiger partial charge on any atom is 0.416 e. The van der Waals surface area contributed by atoms with Crippen LogP contribution in [0.2, 0.25) is 5.02 Å². The number of carbonyl (C=O) groups is 1. The highest BCUT2D eigenvalue weighted by molar-refractivity contribution is 6.30. The number of aromatic nitrogens is 2. The molecule has 2 heterocycles. The maximum absolute atomic E-state index is 13.5. The van der Waals surface area contributed by atoms with E-state index in [-0.39, 0.29) is 47.5 Å². The highest BCUT2D eigenvalue weighted by Crippen LogP contribution is 2.35. The summed E-state index contributed by atoms with van der Waals surface area (Å²) in [5, 5.41) is 9.13. The fraction of sp³-hybridized carbons (Fsp3) is 0.538. The van der Waals surface area contributed by atoms with Crippen LogP contribution in [0.1, 0.15) is 70.1 Å². The largest absolute Gasteiger partial charge is 0.447 e. The maximum atomic E-state index is 13.5. The number of alkyl halides is 3. The second-order valence-corrected chi connectivity index (χ2v) is 9.88. The number of piperidine rings is 1. The number of hydrogen-bond donors (Lipinski definition) is 0. The first-order chi connectivity index (χ1) is 17.5. The minimum absolute atomic E-state index is 0.0189. The summed E-state index contributed by atoms with van der Waals surface area (Å²) in [5.41, 5.74) is -0.203. The molecule has 200 valence electrons. The van der Waals surface area contributed by atoms with Crippen molar-refractivity contribution in [3.63, 3.8) is 0 Å². The average molecular weight is 538 g/mol. The molecule has 1 aliphatic rings. The van der Waals surface area contributed by atoms with Crippen LogP contribution in [0.4, 0.5) is 23.9 Å². The molecule has 0 aliphatic carbocycles. The van der Waals surface area contributed by atoms with Crippen LogP contribution in [0.25, 0.3) is 0 Å². The monoisotopic (exact) mass is 537 g/mol. The Kier molecular flexibility index (Phi) is 9.24. The third-order valence-corrected chi connectivity index (χ3v) is 6.69. The Labute approximate surface area is 220 Å². The molecule has 1 fully saturated rings. The normalized spacial score (nSPS) is 20.0. The number of hydrogen-bond acceptors (Lipinski definition) is 6. The highest BCUT2D eigenvalue weighted by Gasteiger charge is 2.41. The lowest BCUT2D eigenvalue weighted by molar-refractivity contribution is -0.137. The lowest BCUT2D eigenvalue weighted by Crippen LogP contribution is -2.57. The van der Waals surface area contributed by atoms with Crippen molar-refractivity contribution in [1.29, 1.82) is 5.26 Å². The van der Waals surface area contributed by atoms with Gasteiger partial charge in [0.1, 0.15) is 6.07 Å². The molecule has 2 aromatic rings. The molecule has 1 amide bonds. The first kappa shape index (κ1) is 28.5. The van der Waals surface area contributed by atoms with Crippen molar-refractivity contribution >= 4 is 23.6 Å². The molecule has 0 N–H and O–H groups in total. The van der Waals surface area contributed by atoms with Crippen LogP contribution in [-0.4, -0.2) is 45.2 Å². The lowest BCUT2D eigenvalue weighted by atomic mass is 9.87. The van der Waals surface area contributed by atoms with E-state index in [9.17, 15) is 18.0 Å². The predicted molar refractivity (Wildman–Crippen MR) is 134 cm³/mol. The Morgan fingerprint density at radius 3 is 2.27 bits per heavy atom. The number of nitrogens with zero attached hydrogens (tertiary/aromatic N) is 5. The molecule has 0 radical (unpaired) electrons. The van der Waals surface area contributed by atoms with Gasteiger partial charge in [-0.05, 0) is 63.3 Å². The van der Waals surface area contributed by atoms with E-state index >= 15 is 0 Å².